The Labute approximate surface area is 107 Å². The van der Waals surface area contributed by atoms with Gasteiger partial charge in [-0.1, -0.05) is 6.07 Å². The van der Waals surface area contributed by atoms with Gasteiger partial charge >= 0.3 is 12.3 Å². The second-order valence-electron chi connectivity index (χ2n) is 3.58. The maximum absolute atomic E-state index is 12.7. The predicted molar refractivity (Wildman–Crippen MR) is 59.1 cm³/mol. The molecular weight excluding hydrogens is 272 g/mol. The van der Waals surface area contributed by atoms with Crippen molar-refractivity contribution in [3.05, 3.63) is 23.8 Å². The molecule has 1 aromatic carbocycles. The van der Waals surface area contributed by atoms with Crippen LogP contribution in [0.4, 0.5) is 8.78 Å². The zero-order chi connectivity index (χ0) is 12.6. The average Bonchev–Trinajstić information content (AvgIpc) is 2.48. The molecule has 0 radical (unpaired) electrons. The van der Waals surface area contributed by atoms with Crippen LogP contribution in [-0.2, 0) is 4.79 Å². The van der Waals surface area contributed by atoms with Gasteiger partial charge in [-0.3, -0.25) is 4.79 Å². The summed E-state index contributed by atoms with van der Waals surface area (Å²) < 4.78 is 33.8. The number of halogens is 3. The number of alkyl halides is 2. The summed E-state index contributed by atoms with van der Waals surface area (Å²) in [4.78, 5) is 10.5. The molecular formula is C10H10ClF2NO4. The second kappa shape index (κ2) is 4.95. The van der Waals surface area contributed by atoms with Crippen molar-refractivity contribution >= 4 is 18.4 Å². The number of hydrogen-bond acceptors (Lipinski definition) is 4. The highest BCUT2D eigenvalue weighted by Gasteiger charge is 2.43. The van der Waals surface area contributed by atoms with Crippen molar-refractivity contribution in [2.75, 3.05) is 0 Å². The first-order chi connectivity index (χ1) is 7.87. The number of aliphatic carboxylic acids is 1. The van der Waals surface area contributed by atoms with Crippen LogP contribution >= 0.6 is 12.4 Å². The SMILES string of the molecule is Cl.N[C@H](CC(=O)O)c1ccc2c(c1)OC(F)(F)O2. The maximum Gasteiger partial charge on any atom is 0.586 e. The molecule has 18 heavy (non-hydrogen) atoms. The lowest BCUT2D eigenvalue weighted by atomic mass is 10.0. The third-order valence-corrected chi connectivity index (χ3v) is 2.25. The van der Waals surface area contributed by atoms with Gasteiger partial charge in [-0.25, -0.2) is 0 Å². The summed E-state index contributed by atoms with van der Waals surface area (Å²) >= 11 is 0. The van der Waals surface area contributed by atoms with Crippen LogP contribution in [-0.4, -0.2) is 17.4 Å². The summed E-state index contributed by atoms with van der Waals surface area (Å²) in [6, 6.07) is 3.17. The molecule has 1 heterocycles. The number of ether oxygens (including phenoxy) is 2. The molecule has 3 N–H and O–H groups in total. The second-order valence-corrected chi connectivity index (χ2v) is 3.58. The molecule has 0 fully saturated rings. The van der Waals surface area contributed by atoms with Crippen LogP contribution in [0.1, 0.15) is 18.0 Å². The smallest absolute Gasteiger partial charge is 0.481 e. The first-order valence-electron chi connectivity index (χ1n) is 4.74. The molecule has 0 bridgehead atoms. The molecule has 0 unspecified atom stereocenters. The minimum Gasteiger partial charge on any atom is -0.481 e. The molecule has 8 heteroatoms. The van der Waals surface area contributed by atoms with Gasteiger partial charge in [-0.05, 0) is 17.7 Å². The van der Waals surface area contributed by atoms with Gasteiger partial charge in [-0.2, -0.15) is 0 Å². The third kappa shape index (κ3) is 2.99. The largest absolute Gasteiger partial charge is 0.586 e. The minimum absolute atomic E-state index is 0. The van der Waals surface area contributed by atoms with E-state index in [4.69, 9.17) is 10.8 Å². The van der Waals surface area contributed by atoms with Gasteiger partial charge in [0.25, 0.3) is 0 Å². The molecule has 100 valence electrons. The monoisotopic (exact) mass is 281 g/mol. The lowest BCUT2D eigenvalue weighted by Gasteiger charge is -2.09. The van der Waals surface area contributed by atoms with E-state index in [9.17, 15) is 13.6 Å². The van der Waals surface area contributed by atoms with Gasteiger partial charge < -0.3 is 20.3 Å². The molecule has 0 amide bonds. The zero-order valence-electron chi connectivity index (χ0n) is 8.93. The summed E-state index contributed by atoms with van der Waals surface area (Å²) in [6.45, 7) is 0. The highest BCUT2D eigenvalue weighted by molar-refractivity contribution is 5.85. The number of hydrogen-bond donors (Lipinski definition) is 2. The van der Waals surface area contributed by atoms with Crippen molar-refractivity contribution in [1.29, 1.82) is 0 Å². The maximum atomic E-state index is 12.7. The Bertz CT molecular complexity index is 469. The van der Waals surface area contributed by atoms with E-state index in [2.05, 4.69) is 9.47 Å². The number of carboxylic acids is 1. The van der Waals surface area contributed by atoms with E-state index in [0.717, 1.165) is 0 Å². The van der Waals surface area contributed by atoms with E-state index < -0.39 is 18.3 Å². The van der Waals surface area contributed by atoms with Crippen LogP contribution in [0.3, 0.4) is 0 Å². The lowest BCUT2D eigenvalue weighted by Crippen LogP contribution is -2.25. The normalized spacial score (nSPS) is 16.8. The molecule has 5 nitrogen and oxygen atoms in total. The van der Waals surface area contributed by atoms with Crippen LogP contribution in [0.5, 0.6) is 11.5 Å². The van der Waals surface area contributed by atoms with Gasteiger partial charge in [-0.15, -0.1) is 21.2 Å². The molecule has 0 spiro atoms. The Morgan fingerprint density at radius 3 is 2.61 bits per heavy atom. The Kier molecular flexibility index (Phi) is 3.98. The molecule has 0 saturated carbocycles. The van der Waals surface area contributed by atoms with Gasteiger partial charge in [0.1, 0.15) is 0 Å². The van der Waals surface area contributed by atoms with Gasteiger partial charge in [0.2, 0.25) is 0 Å². The lowest BCUT2D eigenvalue weighted by molar-refractivity contribution is -0.286. The Morgan fingerprint density at radius 2 is 2.00 bits per heavy atom. The summed E-state index contributed by atoms with van der Waals surface area (Å²) in [5.74, 6) is -1.31. The van der Waals surface area contributed by atoms with E-state index in [1.807, 2.05) is 0 Å². The fourth-order valence-corrected chi connectivity index (χ4v) is 1.50. The van der Waals surface area contributed by atoms with E-state index in [-0.39, 0.29) is 30.3 Å². The van der Waals surface area contributed by atoms with Crippen molar-refractivity contribution in [3.63, 3.8) is 0 Å². The number of benzene rings is 1. The fraction of sp³-hybridized carbons (Fsp3) is 0.300. The van der Waals surface area contributed by atoms with Crippen LogP contribution < -0.4 is 15.2 Å². The number of rotatable bonds is 3. The van der Waals surface area contributed by atoms with Crippen LogP contribution in [0, 0.1) is 0 Å². The Morgan fingerprint density at radius 1 is 1.39 bits per heavy atom. The third-order valence-electron chi connectivity index (χ3n) is 2.25. The zero-order valence-corrected chi connectivity index (χ0v) is 9.75. The van der Waals surface area contributed by atoms with Crippen molar-refractivity contribution in [2.24, 2.45) is 5.73 Å². The molecule has 1 aliphatic rings. The first-order valence-corrected chi connectivity index (χ1v) is 4.74. The summed E-state index contributed by atoms with van der Waals surface area (Å²) in [6.07, 6.45) is -3.98. The average molecular weight is 282 g/mol. The highest BCUT2D eigenvalue weighted by atomic mass is 35.5. The van der Waals surface area contributed by atoms with E-state index in [1.54, 1.807) is 0 Å². The number of fused-ring (bicyclic) bond motifs is 1. The van der Waals surface area contributed by atoms with Crippen LogP contribution in [0.2, 0.25) is 0 Å². The van der Waals surface area contributed by atoms with Gasteiger partial charge in [0.15, 0.2) is 11.5 Å². The molecule has 1 atom stereocenters. The van der Waals surface area contributed by atoms with Crippen LogP contribution in [0.15, 0.2) is 18.2 Å². The number of nitrogens with two attached hydrogens (primary N) is 1. The molecule has 2 rings (SSSR count). The van der Waals surface area contributed by atoms with Gasteiger partial charge in [0.05, 0.1) is 6.42 Å². The minimum atomic E-state index is -3.68. The van der Waals surface area contributed by atoms with E-state index in [1.165, 1.54) is 18.2 Å². The fourth-order valence-electron chi connectivity index (χ4n) is 1.50. The standard InChI is InChI=1S/C10H9F2NO4.ClH/c11-10(12)16-7-2-1-5(3-8(7)17-10)6(13)4-9(14)15;/h1-3,6H,4,13H2,(H,14,15);1H/t6-;/m1./s1. The summed E-state index contributed by atoms with van der Waals surface area (Å²) in [5.41, 5.74) is 5.99. The predicted octanol–water partition coefficient (Wildman–Crippen LogP) is 1.90. The Hall–Kier alpha value is -1.60. The first kappa shape index (κ1) is 14.5. The quantitative estimate of drug-likeness (QED) is 0.884. The molecule has 1 aromatic rings. The van der Waals surface area contributed by atoms with Crippen molar-refractivity contribution in [1.82, 2.24) is 0 Å². The summed E-state index contributed by atoms with van der Waals surface area (Å²) in [7, 11) is 0. The van der Waals surface area contributed by atoms with Gasteiger partial charge in [0, 0.05) is 6.04 Å². The molecule has 0 saturated heterocycles. The molecule has 0 aliphatic carbocycles. The molecule has 1 aliphatic heterocycles. The van der Waals surface area contributed by atoms with Crippen LogP contribution in [0.25, 0.3) is 0 Å². The summed E-state index contributed by atoms with van der Waals surface area (Å²) in [5, 5.41) is 8.57. The van der Waals surface area contributed by atoms with Crippen molar-refractivity contribution in [3.8, 4) is 11.5 Å². The number of carboxylic acid groups (broad SMARTS) is 1. The van der Waals surface area contributed by atoms with E-state index in [0.29, 0.717) is 5.56 Å². The van der Waals surface area contributed by atoms with E-state index >= 15 is 0 Å². The van der Waals surface area contributed by atoms with Crippen molar-refractivity contribution < 1.29 is 28.2 Å². The van der Waals surface area contributed by atoms with Crippen molar-refractivity contribution in [2.45, 2.75) is 18.8 Å². The number of carbonyl (C=O) groups is 1. The topological polar surface area (TPSA) is 81.8 Å². The molecule has 0 aromatic heterocycles. The highest BCUT2D eigenvalue weighted by Crippen LogP contribution is 2.41. The Balaban J connectivity index is 0.00000162.